The van der Waals surface area contributed by atoms with Crippen molar-refractivity contribution in [2.75, 3.05) is 25.6 Å². The summed E-state index contributed by atoms with van der Waals surface area (Å²) in [4.78, 5) is 14.0. The van der Waals surface area contributed by atoms with Crippen molar-refractivity contribution in [2.45, 2.75) is 32.7 Å². The minimum Gasteiger partial charge on any atom is -0.493 e. The number of hydrogen-bond acceptors (Lipinski definition) is 5. The van der Waals surface area contributed by atoms with Crippen molar-refractivity contribution in [3.63, 3.8) is 0 Å². The Morgan fingerprint density at radius 2 is 1.66 bits per heavy atom. The molecule has 1 aromatic heterocycles. The number of hydrogen-bond donors (Lipinski definition) is 1. The second-order valence-corrected chi connectivity index (χ2v) is 8.67. The van der Waals surface area contributed by atoms with Crippen LogP contribution in [-0.4, -0.2) is 24.2 Å². The van der Waals surface area contributed by atoms with Crippen LogP contribution < -0.4 is 20.3 Å². The molecule has 6 heteroatoms. The van der Waals surface area contributed by atoms with Crippen molar-refractivity contribution in [1.29, 1.82) is 0 Å². The summed E-state index contributed by atoms with van der Waals surface area (Å²) in [6.07, 6.45) is 0.761. The summed E-state index contributed by atoms with van der Waals surface area (Å²) in [5.41, 5.74) is 1.46. The van der Waals surface area contributed by atoms with Crippen LogP contribution >= 0.6 is 11.5 Å². The smallest absolute Gasteiger partial charge is 0.285 e. The van der Waals surface area contributed by atoms with E-state index in [9.17, 15) is 4.79 Å². The summed E-state index contributed by atoms with van der Waals surface area (Å²) in [5, 5.41) is 3.35. The Hall–Kier alpha value is -2.73. The zero-order valence-electron chi connectivity index (χ0n) is 17.4. The maximum Gasteiger partial charge on any atom is 0.285 e. The number of nitrogens with zero attached hydrogens (tertiary/aromatic N) is 1. The zero-order valence-corrected chi connectivity index (χ0v) is 18.2. The summed E-state index contributed by atoms with van der Waals surface area (Å²) < 4.78 is 13.0. The van der Waals surface area contributed by atoms with Crippen molar-refractivity contribution in [3.8, 4) is 21.9 Å². The molecule has 1 heterocycles. The van der Waals surface area contributed by atoms with Crippen LogP contribution in [0, 0.1) is 0 Å². The minimum atomic E-state index is -0.266. The lowest BCUT2D eigenvalue weighted by atomic mass is 10.1. The van der Waals surface area contributed by atoms with Crippen LogP contribution in [0.15, 0.2) is 59.4 Å². The van der Waals surface area contributed by atoms with Gasteiger partial charge in [-0.05, 0) is 44.9 Å². The molecule has 0 radical (unpaired) electrons. The Morgan fingerprint density at radius 3 is 2.31 bits per heavy atom. The highest BCUT2D eigenvalue weighted by atomic mass is 32.1. The van der Waals surface area contributed by atoms with Crippen molar-refractivity contribution < 1.29 is 9.47 Å². The predicted molar refractivity (Wildman–Crippen MR) is 121 cm³/mol. The van der Waals surface area contributed by atoms with Gasteiger partial charge in [-0.15, -0.1) is 0 Å². The third kappa shape index (κ3) is 5.01. The second kappa shape index (κ2) is 9.18. The van der Waals surface area contributed by atoms with Crippen LogP contribution in [0.5, 0.6) is 11.5 Å². The first kappa shape index (κ1) is 21.0. The third-order valence-corrected chi connectivity index (χ3v) is 5.92. The van der Waals surface area contributed by atoms with Crippen LogP contribution in [0.4, 0.5) is 5.69 Å². The first-order chi connectivity index (χ1) is 13.9. The van der Waals surface area contributed by atoms with Gasteiger partial charge in [0.1, 0.15) is 5.69 Å². The highest BCUT2D eigenvalue weighted by Gasteiger charge is 2.23. The van der Waals surface area contributed by atoms with Crippen molar-refractivity contribution in [2.24, 2.45) is 0 Å². The van der Waals surface area contributed by atoms with Crippen LogP contribution in [0.25, 0.3) is 10.4 Å². The summed E-state index contributed by atoms with van der Waals surface area (Å²) >= 11 is 1.51. The topological polar surface area (TPSA) is 52.5 Å². The van der Waals surface area contributed by atoms with Crippen molar-refractivity contribution in [1.82, 2.24) is 3.96 Å². The number of rotatable bonds is 8. The molecule has 0 amide bonds. The fourth-order valence-electron chi connectivity index (χ4n) is 2.97. The fourth-order valence-corrected chi connectivity index (χ4v) is 4.09. The average molecular weight is 413 g/mol. The molecule has 3 rings (SSSR count). The van der Waals surface area contributed by atoms with E-state index in [-0.39, 0.29) is 11.1 Å². The van der Waals surface area contributed by atoms with Gasteiger partial charge in [0.2, 0.25) is 0 Å². The number of aromatic nitrogens is 1. The van der Waals surface area contributed by atoms with Gasteiger partial charge in [0, 0.05) is 6.54 Å². The number of methoxy groups -OCH3 is 1. The lowest BCUT2D eigenvalue weighted by Crippen LogP contribution is -2.30. The van der Waals surface area contributed by atoms with Gasteiger partial charge in [0.15, 0.2) is 11.5 Å². The van der Waals surface area contributed by atoms with E-state index in [1.54, 1.807) is 7.11 Å². The Morgan fingerprint density at radius 1 is 1.00 bits per heavy atom. The molecule has 1 N–H and O–H groups in total. The normalized spacial score (nSPS) is 11.3. The molecule has 0 fully saturated rings. The van der Waals surface area contributed by atoms with Gasteiger partial charge in [-0.2, -0.15) is 0 Å². The molecule has 0 unspecified atom stereocenters. The van der Waals surface area contributed by atoms with Crippen molar-refractivity contribution >= 4 is 17.2 Å². The monoisotopic (exact) mass is 412 g/mol. The summed E-state index contributed by atoms with van der Waals surface area (Å²) in [5.74, 6) is 1.45. The van der Waals surface area contributed by atoms with Gasteiger partial charge in [0.05, 0.1) is 24.1 Å². The summed E-state index contributed by atoms with van der Waals surface area (Å²) in [7, 11) is 1.63. The number of anilines is 1. The average Bonchev–Trinajstić information content (AvgIpc) is 3.05. The quantitative estimate of drug-likeness (QED) is 0.515. The maximum atomic E-state index is 13.0. The van der Waals surface area contributed by atoms with Gasteiger partial charge in [-0.1, -0.05) is 54.0 Å². The van der Waals surface area contributed by atoms with Crippen LogP contribution in [-0.2, 0) is 5.54 Å². The lowest BCUT2D eigenvalue weighted by molar-refractivity contribution is 0.292. The van der Waals surface area contributed by atoms with E-state index < -0.39 is 0 Å². The zero-order chi connectivity index (χ0) is 20.9. The molecular weight excluding hydrogens is 384 g/mol. The van der Waals surface area contributed by atoms with Gasteiger partial charge < -0.3 is 14.8 Å². The number of nitrogens with one attached hydrogen (secondary N) is 1. The lowest BCUT2D eigenvalue weighted by Gasteiger charge is -2.18. The maximum absolute atomic E-state index is 13.0. The van der Waals surface area contributed by atoms with E-state index in [1.165, 1.54) is 11.5 Å². The van der Waals surface area contributed by atoms with E-state index in [2.05, 4.69) is 5.32 Å². The van der Waals surface area contributed by atoms with Crippen LogP contribution in [0.2, 0.25) is 0 Å². The number of benzene rings is 2. The second-order valence-electron chi connectivity index (χ2n) is 7.71. The molecule has 5 nitrogen and oxygen atoms in total. The van der Waals surface area contributed by atoms with Crippen molar-refractivity contribution in [3.05, 3.63) is 65.0 Å². The molecular formula is C23H28N2O3S. The molecule has 154 valence electrons. The van der Waals surface area contributed by atoms with E-state index in [4.69, 9.17) is 9.47 Å². The molecule has 0 aliphatic rings. The Bertz CT molecular complexity index is 987. The molecule has 0 saturated carbocycles. The Labute approximate surface area is 176 Å². The highest BCUT2D eigenvalue weighted by molar-refractivity contribution is 7.11. The first-order valence-corrected chi connectivity index (χ1v) is 10.5. The number of para-hydroxylation sites is 2. The highest BCUT2D eigenvalue weighted by Crippen LogP contribution is 2.33. The standard InChI is InChI=1S/C23H28N2O3S/c1-23(2,3)25-22(26)20(21(29-25)17-11-6-5-7-12-17)24-15-10-16-28-19-14-9-8-13-18(19)27-4/h5-9,11-14,24H,10,15-16H2,1-4H3. The third-order valence-electron chi connectivity index (χ3n) is 4.40. The molecule has 0 atom stereocenters. The van der Waals surface area contributed by atoms with E-state index in [0.29, 0.717) is 18.8 Å². The molecule has 0 aliphatic heterocycles. The Kier molecular flexibility index (Phi) is 6.64. The molecule has 0 spiro atoms. The minimum absolute atomic E-state index is 0.0204. The SMILES string of the molecule is COc1ccccc1OCCCNc1c(-c2ccccc2)sn(C(C)(C)C)c1=O. The fraction of sp³-hybridized carbons (Fsp3) is 0.348. The largest absolute Gasteiger partial charge is 0.493 e. The molecule has 2 aromatic carbocycles. The van der Waals surface area contributed by atoms with Gasteiger partial charge in [0.25, 0.3) is 5.56 Å². The summed E-state index contributed by atoms with van der Waals surface area (Å²) in [6, 6.07) is 17.6. The predicted octanol–water partition coefficient (Wildman–Crippen LogP) is 5.22. The number of ether oxygens (including phenoxy) is 2. The molecule has 29 heavy (non-hydrogen) atoms. The van der Waals surface area contributed by atoms with E-state index in [1.807, 2.05) is 79.3 Å². The molecule has 0 saturated heterocycles. The van der Waals surface area contributed by atoms with Crippen LogP contribution in [0.3, 0.4) is 0 Å². The van der Waals surface area contributed by atoms with E-state index >= 15 is 0 Å². The van der Waals surface area contributed by atoms with Gasteiger partial charge >= 0.3 is 0 Å². The van der Waals surface area contributed by atoms with Crippen LogP contribution in [0.1, 0.15) is 27.2 Å². The van der Waals surface area contributed by atoms with E-state index in [0.717, 1.165) is 28.4 Å². The van der Waals surface area contributed by atoms with Gasteiger partial charge in [-0.3, -0.25) is 8.75 Å². The summed E-state index contributed by atoms with van der Waals surface area (Å²) in [6.45, 7) is 7.32. The Balaban J connectivity index is 1.70. The van der Waals surface area contributed by atoms with Gasteiger partial charge in [-0.25, -0.2) is 0 Å². The molecule has 3 aromatic rings. The molecule has 0 aliphatic carbocycles. The first-order valence-electron chi connectivity index (χ1n) is 9.73. The molecule has 0 bridgehead atoms.